The van der Waals surface area contributed by atoms with Gasteiger partial charge in [-0.2, -0.15) is 0 Å². The lowest BCUT2D eigenvalue weighted by atomic mass is 9.45. The fourth-order valence-corrected chi connectivity index (χ4v) is 13.3. The van der Waals surface area contributed by atoms with Crippen molar-refractivity contribution < 1.29 is 4.42 Å². The predicted molar refractivity (Wildman–Crippen MR) is 277 cm³/mol. The Morgan fingerprint density at radius 1 is 0.554 bits per heavy atom. The standard InChI is InChI=1S/C59H46BN3OS/c1-35-29-45-46(59(4,5)28-27-58(45,2)3)33-48(35)62-49-32-43-39-21-12-14-25-51(39)64-52(43)34-47(49)60-55-44(30-38(31-50(55)62)61(36-17-8-6-9-18-36)37-19-10-7-11-20-37)40-23-16-24-42-54-41-22-13-15-26-53(41)65-57(54)63(60)56(40)42/h6-26,29-34H,27-28H2,1-5H3. The van der Waals surface area contributed by atoms with E-state index < -0.39 is 0 Å². The molecule has 0 unspecified atom stereocenters. The van der Waals surface area contributed by atoms with Crippen molar-refractivity contribution in [1.29, 1.82) is 0 Å². The van der Waals surface area contributed by atoms with Crippen molar-refractivity contribution in [3.05, 3.63) is 180 Å². The molecule has 312 valence electrons. The lowest BCUT2D eigenvalue weighted by molar-refractivity contribution is 0.332. The zero-order valence-corrected chi connectivity index (χ0v) is 38.1. The summed E-state index contributed by atoms with van der Waals surface area (Å²) in [6.45, 7) is 12.0. The van der Waals surface area contributed by atoms with Crippen molar-refractivity contribution in [3.63, 3.8) is 0 Å². The number of para-hydroxylation sites is 4. The zero-order valence-electron chi connectivity index (χ0n) is 37.2. The first kappa shape index (κ1) is 37.4. The lowest BCUT2D eigenvalue weighted by Gasteiger charge is -2.45. The lowest BCUT2D eigenvalue weighted by Crippen LogP contribution is -2.56. The van der Waals surface area contributed by atoms with Gasteiger partial charge in [0.15, 0.2) is 0 Å². The van der Waals surface area contributed by atoms with Gasteiger partial charge in [0.05, 0.1) is 4.83 Å². The van der Waals surface area contributed by atoms with Gasteiger partial charge in [0.1, 0.15) is 11.2 Å². The number of thiophene rings is 1. The molecular weight excluding hydrogens is 810 g/mol. The number of hydrogen-bond acceptors (Lipinski definition) is 4. The normalized spacial score (nSPS) is 15.5. The Kier molecular flexibility index (Phi) is 7.50. The van der Waals surface area contributed by atoms with Gasteiger partial charge in [-0.1, -0.05) is 125 Å². The fourth-order valence-electron chi connectivity index (χ4n) is 12.0. The first-order valence-electron chi connectivity index (χ1n) is 23.1. The molecule has 0 amide bonds. The highest BCUT2D eigenvalue weighted by Crippen LogP contribution is 2.54. The Labute approximate surface area is 383 Å². The van der Waals surface area contributed by atoms with Gasteiger partial charge >= 0.3 is 6.85 Å². The molecule has 1 aliphatic carbocycles. The quantitative estimate of drug-likeness (QED) is 0.165. The molecule has 0 radical (unpaired) electrons. The summed E-state index contributed by atoms with van der Waals surface area (Å²) in [5, 5.41) is 6.24. The van der Waals surface area contributed by atoms with E-state index in [0.29, 0.717) is 0 Å². The molecule has 0 spiro atoms. The molecular formula is C59H46BN3OS. The maximum absolute atomic E-state index is 6.81. The molecule has 65 heavy (non-hydrogen) atoms. The van der Waals surface area contributed by atoms with Gasteiger partial charge in [0.2, 0.25) is 0 Å². The van der Waals surface area contributed by atoms with Gasteiger partial charge in [-0.25, -0.2) is 0 Å². The summed E-state index contributed by atoms with van der Waals surface area (Å²) in [4.78, 5) is 6.40. The van der Waals surface area contributed by atoms with Gasteiger partial charge in [-0.15, -0.1) is 11.3 Å². The summed E-state index contributed by atoms with van der Waals surface area (Å²) < 4.78 is 10.8. The number of anilines is 6. The van der Waals surface area contributed by atoms with Gasteiger partial charge in [-0.3, -0.25) is 0 Å². The minimum Gasteiger partial charge on any atom is -0.456 e. The third-order valence-electron chi connectivity index (χ3n) is 15.3. The second-order valence-electron chi connectivity index (χ2n) is 20.0. The van der Waals surface area contributed by atoms with Gasteiger partial charge in [0.25, 0.3) is 0 Å². The van der Waals surface area contributed by atoms with Crippen molar-refractivity contribution >= 4 is 116 Å². The maximum atomic E-state index is 6.81. The maximum Gasteiger partial charge on any atom is 0.333 e. The zero-order chi connectivity index (χ0) is 43.5. The second-order valence-corrected chi connectivity index (χ2v) is 21.0. The largest absolute Gasteiger partial charge is 0.456 e. The summed E-state index contributed by atoms with van der Waals surface area (Å²) in [6, 6.07) is 61.2. The first-order valence-corrected chi connectivity index (χ1v) is 23.9. The number of fused-ring (bicyclic) bond motifs is 13. The Morgan fingerprint density at radius 3 is 1.97 bits per heavy atom. The molecule has 5 heterocycles. The number of furan rings is 1. The molecule has 0 N–H and O–H groups in total. The van der Waals surface area contributed by atoms with Crippen LogP contribution in [0.1, 0.15) is 57.2 Å². The minimum atomic E-state index is -0.115. The van der Waals surface area contributed by atoms with Gasteiger partial charge in [-0.05, 0) is 131 Å². The van der Waals surface area contributed by atoms with Crippen molar-refractivity contribution in [2.24, 2.45) is 0 Å². The van der Waals surface area contributed by atoms with Crippen LogP contribution in [-0.2, 0) is 10.8 Å². The van der Waals surface area contributed by atoms with Crippen molar-refractivity contribution in [3.8, 4) is 11.1 Å². The van der Waals surface area contributed by atoms with Crippen LogP contribution < -0.4 is 20.7 Å². The summed E-state index contributed by atoms with van der Waals surface area (Å²) in [5.74, 6) is 0. The van der Waals surface area contributed by atoms with Crippen molar-refractivity contribution in [2.45, 2.75) is 58.3 Å². The van der Waals surface area contributed by atoms with E-state index in [4.69, 9.17) is 4.42 Å². The third-order valence-corrected chi connectivity index (χ3v) is 16.5. The van der Waals surface area contributed by atoms with E-state index in [2.05, 4.69) is 213 Å². The number of aromatic nitrogens is 1. The Morgan fingerprint density at radius 2 is 1.22 bits per heavy atom. The van der Waals surface area contributed by atoms with Crippen molar-refractivity contribution in [2.75, 3.05) is 9.80 Å². The molecule has 14 rings (SSSR count). The summed E-state index contributed by atoms with van der Waals surface area (Å²) in [6.07, 6.45) is 2.32. The highest BCUT2D eigenvalue weighted by atomic mass is 32.1. The van der Waals surface area contributed by atoms with Crippen LogP contribution in [0, 0.1) is 6.92 Å². The molecule has 0 saturated heterocycles. The molecule has 3 aromatic heterocycles. The van der Waals surface area contributed by atoms with E-state index >= 15 is 0 Å². The average molecular weight is 856 g/mol. The molecule has 4 nitrogen and oxygen atoms in total. The average Bonchev–Trinajstić information content (AvgIpc) is 3.99. The number of hydrogen-bond donors (Lipinski definition) is 0. The van der Waals surface area contributed by atoms with Crippen LogP contribution in [0.25, 0.3) is 64.3 Å². The smallest absolute Gasteiger partial charge is 0.333 e. The van der Waals surface area contributed by atoms with Gasteiger partial charge < -0.3 is 18.7 Å². The SMILES string of the molecule is Cc1cc2c(cc1N1c3cc4c(cc3B3c5c(cc(N(c6ccccc6)c6ccccc6)cc51)-c1cccc5c6c7ccccc7sc6n3c15)oc1ccccc14)C(C)(C)CCC2(C)C. The molecule has 0 bridgehead atoms. The highest BCUT2D eigenvalue weighted by Gasteiger charge is 2.46. The Balaban J connectivity index is 1.17. The van der Waals surface area contributed by atoms with Crippen LogP contribution in [0.5, 0.6) is 0 Å². The highest BCUT2D eigenvalue weighted by molar-refractivity contribution is 7.26. The molecule has 0 atom stereocenters. The van der Waals surface area contributed by atoms with Crippen molar-refractivity contribution in [1.82, 2.24) is 4.48 Å². The van der Waals surface area contributed by atoms with Crippen LogP contribution in [0.2, 0.25) is 0 Å². The monoisotopic (exact) mass is 855 g/mol. The molecule has 6 heteroatoms. The number of rotatable bonds is 4. The number of benzene rings is 8. The number of nitrogens with zero attached hydrogens (tertiary/aromatic N) is 3. The van der Waals surface area contributed by atoms with E-state index in [1.807, 2.05) is 11.3 Å². The third kappa shape index (κ3) is 5.09. The van der Waals surface area contributed by atoms with Crippen LogP contribution in [0.15, 0.2) is 168 Å². The summed E-state index contributed by atoms with van der Waals surface area (Å²) in [5.41, 5.74) is 19.6. The second kappa shape index (κ2) is 13.1. The molecule has 0 saturated carbocycles. The van der Waals surface area contributed by atoms with Crippen LogP contribution in [0.4, 0.5) is 34.1 Å². The Bertz CT molecular complexity index is 3780. The Hall–Kier alpha value is -7.02. The minimum absolute atomic E-state index is 0.0281. The topological polar surface area (TPSA) is 24.6 Å². The predicted octanol–water partition coefficient (Wildman–Crippen LogP) is 15.5. The van der Waals surface area contributed by atoms with E-state index in [1.54, 1.807) is 0 Å². The van der Waals surface area contributed by atoms with E-state index in [0.717, 1.165) is 45.4 Å². The molecule has 8 aromatic carbocycles. The first-order chi connectivity index (χ1) is 31.6. The van der Waals surface area contributed by atoms with Crippen LogP contribution in [-0.4, -0.2) is 11.3 Å². The van der Waals surface area contributed by atoms with Crippen LogP contribution in [0.3, 0.4) is 0 Å². The molecule has 0 fully saturated rings. The van der Waals surface area contributed by atoms with E-state index in [-0.39, 0.29) is 17.7 Å². The van der Waals surface area contributed by atoms with E-state index in [1.165, 1.54) is 93.4 Å². The molecule has 11 aromatic rings. The molecule has 3 aliphatic rings. The summed E-state index contributed by atoms with van der Waals surface area (Å²) >= 11 is 1.92. The van der Waals surface area contributed by atoms with Crippen LogP contribution >= 0.6 is 11.3 Å². The fraction of sp³-hybridized carbons (Fsp3) is 0.153. The number of aryl methyl sites for hydroxylation is 1. The van der Waals surface area contributed by atoms with Gasteiger partial charge in [0, 0.05) is 76.8 Å². The summed E-state index contributed by atoms with van der Waals surface area (Å²) in [7, 11) is 0. The van der Waals surface area contributed by atoms with E-state index in [9.17, 15) is 0 Å². The molecule has 2 aliphatic heterocycles.